The number of rotatable bonds is 5. The van der Waals surface area contributed by atoms with Crippen LogP contribution in [0.3, 0.4) is 0 Å². The van der Waals surface area contributed by atoms with Gasteiger partial charge in [0.25, 0.3) is 0 Å². The van der Waals surface area contributed by atoms with Crippen LogP contribution < -0.4 is 5.32 Å². The molecule has 3 rings (SSSR count). The molecule has 0 bridgehead atoms. The van der Waals surface area contributed by atoms with Crippen LogP contribution in [-0.4, -0.2) is 21.7 Å². The number of fused-ring (bicyclic) bond motifs is 1. The van der Waals surface area contributed by atoms with Crippen LogP contribution in [-0.2, 0) is 22.7 Å². The van der Waals surface area contributed by atoms with E-state index in [1.165, 1.54) is 0 Å². The summed E-state index contributed by atoms with van der Waals surface area (Å²) in [5, 5.41) is 12.4. The number of anilines is 1. The number of carbonyl (C=O) groups is 2. The number of nitrogens with one attached hydrogen (secondary N) is 1. The van der Waals surface area contributed by atoms with Crippen LogP contribution in [0.1, 0.15) is 5.56 Å². The van der Waals surface area contributed by atoms with Crippen molar-refractivity contribution in [3.05, 3.63) is 66.4 Å². The van der Waals surface area contributed by atoms with Gasteiger partial charge >= 0.3 is 12.1 Å². The smallest absolute Gasteiger partial charge is 0.411 e. The number of hydrogen-bond donors (Lipinski definition) is 2. The molecular formula is C18H16N2O4. The van der Waals surface area contributed by atoms with Crippen LogP contribution in [0.5, 0.6) is 0 Å². The average Bonchev–Trinajstić information content (AvgIpc) is 2.97. The minimum Gasteiger partial charge on any atom is -0.480 e. The molecule has 1 amide bonds. The predicted octanol–water partition coefficient (Wildman–Crippen LogP) is 3.47. The highest BCUT2D eigenvalue weighted by atomic mass is 16.5. The molecule has 0 unspecified atom stereocenters. The first-order chi connectivity index (χ1) is 11.6. The van der Waals surface area contributed by atoms with Gasteiger partial charge in [-0.1, -0.05) is 36.4 Å². The third kappa shape index (κ3) is 3.55. The maximum absolute atomic E-state index is 12.0. The van der Waals surface area contributed by atoms with Crippen LogP contribution in [0.2, 0.25) is 0 Å². The second-order valence-electron chi connectivity index (χ2n) is 5.26. The SMILES string of the molecule is O=C(O)Cn1ccc2c(NC(=O)OCc3ccccc3)cccc21. The first-order valence-corrected chi connectivity index (χ1v) is 7.41. The van der Waals surface area contributed by atoms with Crippen LogP contribution >= 0.6 is 0 Å². The molecule has 1 aromatic heterocycles. The van der Waals surface area contributed by atoms with Crippen molar-refractivity contribution < 1.29 is 19.4 Å². The third-order valence-corrected chi connectivity index (χ3v) is 3.57. The summed E-state index contributed by atoms with van der Waals surface area (Å²) in [7, 11) is 0. The maximum atomic E-state index is 12.0. The molecular weight excluding hydrogens is 308 g/mol. The first kappa shape index (κ1) is 15.6. The van der Waals surface area contributed by atoms with Crippen LogP contribution in [0.25, 0.3) is 10.9 Å². The molecule has 122 valence electrons. The number of aromatic nitrogens is 1. The lowest BCUT2D eigenvalue weighted by Crippen LogP contribution is -2.13. The standard InChI is InChI=1S/C18H16N2O4/c21-17(22)11-20-10-9-14-15(7-4-8-16(14)20)19-18(23)24-12-13-5-2-1-3-6-13/h1-10H,11-12H2,(H,19,23)(H,21,22). The molecule has 24 heavy (non-hydrogen) atoms. The predicted molar refractivity (Wildman–Crippen MR) is 89.8 cm³/mol. The minimum atomic E-state index is -0.923. The molecule has 0 saturated carbocycles. The van der Waals surface area contributed by atoms with Crippen molar-refractivity contribution in [2.45, 2.75) is 13.2 Å². The highest BCUT2D eigenvalue weighted by molar-refractivity contribution is 5.99. The zero-order valence-corrected chi connectivity index (χ0v) is 12.8. The van der Waals surface area contributed by atoms with E-state index in [4.69, 9.17) is 9.84 Å². The van der Waals surface area contributed by atoms with Gasteiger partial charge in [0.1, 0.15) is 13.2 Å². The third-order valence-electron chi connectivity index (χ3n) is 3.57. The molecule has 0 saturated heterocycles. The fourth-order valence-corrected chi connectivity index (χ4v) is 2.49. The lowest BCUT2D eigenvalue weighted by atomic mass is 10.2. The fourth-order valence-electron chi connectivity index (χ4n) is 2.49. The number of amides is 1. The maximum Gasteiger partial charge on any atom is 0.411 e. The minimum absolute atomic E-state index is 0.134. The van der Waals surface area contributed by atoms with Crippen molar-refractivity contribution >= 4 is 28.7 Å². The Kier molecular flexibility index (Phi) is 4.47. The fraction of sp³-hybridized carbons (Fsp3) is 0.111. The van der Waals surface area contributed by atoms with Crippen molar-refractivity contribution in [2.75, 3.05) is 5.32 Å². The van der Waals surface area contributed by atoms with Gasteiger partial charge in [0, 0.05) is 11.6 Å². The van der Waals surface area contributed by atoms with E-state index >= 15 is 0 Å². The molecule has 0 fully saturated rings. The van der Waals surface area contributed by atoms with Crippen LogP contribution in [0.4, 0.5) is 10.5 Å². The monoisotopic (exact) mass is 324 g/mol. The Bertz CT molecular complexity index is 871. The largest absolute Gasteiger partial charge is 0.480 e. The van der Waals surface area contributed by atoms with Gasteiger partial charge in [-0.2, -0.15) is 0 Å². The summed E-state index contributed by atoms with van der Waals surface area (Å²) in [6.07, 6.45) is 1.12. The molecule has 0 spiro atoms. The van der Waals surface area contributed by atoms with Gasteiger partial charge in [-0.05, 0) is 23.8 Å². The number of hydrogen-bond acceptors (Lipinski definition) is 3. The molecule has 6 heteroatoms. The summed E-state index contributed by atoms with van der Waals surface area (Å²) < 4.78 is 6.81. The summed E-state index contributed by atoms with van der Waals surface area (Å²) in [6.45, 7) is 0.0497. The first-order valence-electron chi connectivity index (χ1n) is 7.41. The molecule has 0 atom stereocenters. The Morgan fingerprint density at radius 1 is 1.04 bits per heavy atom. The summed E-state index contributed by atoms with van der Waals surface area (Å²) >= 11 is 0. The topological polar surface area (TPSA) is 80.6 Å². The molecule has 0 aliphatic carbocycles. The average molecular weight is 324 g/mol. The number of benzene rings is 2. The molecule has 2 N–H and O–H groups in total. The van der Waals surface area contributed by atoms with Crippen molar-refractivity contribution in [1.82, 2.24) is 4.57 Å². The Morgan fingerprint density at radius 2 is 1.83 bits per heavy atom. The van der Waals surface area contributed by atoms with E-state index in [2.05, 4.69) is 5.32 Å². The van der Waals surface area contributed by atoms with Crippen molar-refractivity contribution in [3.8, 4) is 0 Å². The van der Waals surface area contributed by atoms with E-state index in [0.29, 0.717) is 5.69 Å². The summed E-state index contributed by atoms with van der Waals surface area (Å²) in [6, 6.07) is 16.5. The lowest BCUT2D eigenvalue weighted by molar-refractivity contribution is -0.137. The van der Waals surface area contributed by atoms with Gasteiger partial charge in [-0.3, -0.25) is 10.1 Å². The molecule has 1 heterocycles. The highest BCUT2D eigenvalue weighted by Gasteiger charge is 2.10. The Labute approximate surface area is 138 Å². The van der Waals surface area contributed by atoms with Gasteiger partial charge in [0.05, 0.1) is 11.2 Å². The van der Waals surface area contributed by atoms with E-state index in [0.717, 1.165) is 16.5 Å². The number of carboxylic acids is 1. The summed E-state index contributed by atoms with van der Waals surface area (Å²) in [5.74, 6) is -0.923. The summed E-state index contributed by atoms with van der Waals surface area (Å²) in [5.41, 5.74) is 2.21. The molecule has 3 aromatic rings. The molecule has 0 aliphatic rings. The van der Waals surface area contributed by atoms with Crippen molar-refractivity contribution in [1.29, 1.82) is 0 Å². The second kappa shape index (κ2) is 6.87. The summed E-state index contributed by atoms with van der Waals surface area (Å²) in [4.78, 5) is 22.9. The molecule has 0 aliphatic heterocycles. The van der Waals surface area contributed by atoms with Crippen molar-refractivity contribution in [2.24, 2.45) is 0 Å². The van der Waals surface area contributed by atoms with Gasteiger partial charge < -0.3 is 14.4 Å². The Balaban J connectivity index is 1.71. The van der Waals surface area contributed by atoms with E-state index in [1.54, 1.807) is 35.0 Å². The second-order valence-corrected chi connectivity index (χ2v) is 5.26. The zero-order valence-electron chi connectivity index (χ0n) is 12.8. The van der Waals surface area contributed by atoms with Gasteiger partial charge in [0.15, 0.2) is 0 Å². The quantitative estimate of drug-likeness (QED) is 0.753. The van der Waals surface area contributed by atoms with E-state index in [1.807, 2.05) is 30.3 Å². The molecule has 2 aromatic carbocycles. The molecule has 6 nitrogen and oxygen atoms in total. The van der Waals surface area contributed by atoms with Gasteiger partial charge in [-0.15, -0.1) is 0 Å². The number of nitrogens with zero attached hydrogens (tertiary/aromatic N) is 1. The van der Waals surface area contributed by atoms with Crippen LogP contribution in [0, 0.1) is 0 Å². The number of ether oxygens (including phenoxy) is 1. The Morgan fingerprint density at radius 3 is 2.58 bits per heavy atom. The lowest BCUT2D eigenvalue weighted by Gasteiger charge is -2.09. The zero-order chi connectivity index (χ0) is 16.9. The van der Waals surface area contributed by atoms with Crippen LogP contribution in [0.15, 0.2) is 60.8 Å². The molecule has 0 radical (unpaired) electrons. The van der Waals surface area contributed by atoms with E-state index in [9.17, 15) is 9.59 Å². The van der Waals surface area contributed by atoms with E-state index < -0.39 is 12.1 Å². The Hall–Kier alpha value is -3.28. The van der Waals surface area contributed by atoms with Gasteiger partial charge in [-0.25, -0.2) is 4.79 Å². The number of carbonyl (C=O) groups excluding carboxylic acids is 1. The number of carboxylic acid groups (broad SMARTS) is 1. The van der Waals surface area contributed by atoms with Crippen molar-refractivity contribution in [3.63, 3.8) is 0 Å². The normalized spacial score (nSPS) is 10.5. The van der Waals surface area contributed by atoms with Gasteiger partial charge in [0.2, 0.25) is 0 Å². The number of aliphatic carboxylic acids is 1. The van der Waals surface area contributed by atoms with E-state index in [-0.39, 0.29) is 13.2 Å². The highest BCUT2D eigenvalue weighted by Crippen LogP contribution is 2.24.